The van der Waals surface area contributed by atoms with Gasteiger partial charge >= 0.3 is 0 Å². The van der Waals surface area contributed by atoms with Gasteiger partial charge in [-0.05, 0) is 19.1 Å². The van der Waals surface area contributed by atoms with Crippen molar-refractivity contribution in [3.05, 3.63) is 36.2 Å². The summed E-state index contributed by atoms with van der Waals surface area (Å²) in [7, 11) is 0. The molecule has 0 saturated heterocycles. The van der Waals surface area contributed by atoms with Crippen LogP contribution in [0.1, 0.15) is 6.92 Å². The van der Waals surface area contributed by atoms with E-state index in [1.54, 1.807) is 6.08 Å². The molecule has 54 valence electrons. The number of nitrogens with one attached hydrogen (secondary N) is 2. The maximum atomic E-state index is 3.67. The van der Waals surface area contributed by atoms with Gasteiger partial charge in [0.05, 0.1) is 23.5 Å². The molecule has 2 N–H and O–H groups in total. The van der Waals surface area contributed by atoms with Crippen molar-refractivity contribution in [3.63, 3.8) is 0 Å². The third kappa shape index (κ3) is 1.36. The Morgan fingerprint density at radius 2 is 2.10 bits per heavy atom. The van der Waals surface area contributed by atoms with Gasteiger partial charge in [0, 0.05) is 0 Å². The summed E-state index contributed by atoms with van der Waals surface area (Å²) in [5, 5.41) is 0. The van der Waals surface area contributed by atoms with E-state index in [2.05, 4.69) is 16.0 Å². The average Bonchev–Trinajstić information content (AvgIpc) is 2.36. The fourth-order valence-electron chi connectivity index (χ4n) is 0.688. The van der Waals surface area contributed by atoms with Gasteiger partial charge in [-0.1, -0.05) is 12.7 Å². The van der Waals surface area contributed by atoms with Crippen molar-refractivity contribution in [1.82, 2.24) is 9.44 Å². The van der Waals surface area contributed by atoms with Gasteiger partial charge in [0.15, 0.2) is 0 Å². The molecule has 3 heteroatoms. The number of allylic oxidation sites excluding steroid dienone is 3. The van der Waals surface area contributed by atoms with Crippen molar-refractivity contribution >= 4 is 12.1 Å². The van der Waals surface area contributed by atoms with Gasteiger partial charge in [-0.2, -0.15) is 0 Å². The Morgan fingerprint density at radius 1 is 1.40 bits per heavy atom. The van der Waals surface area contributed by atoms with Crippen LogP contribution < -0.4 is 9.44 Å². The summed E-state index contributed by atoms with van der Waals surface area (Å²) in [6.45, 7) is 5.65. The summed E-state index contributed by atoms with van der Waals surface area (Å²) < 4.78 is 6.14. The van der Waals surface area contributed by atoms with E-state index >= 15 is 0 Å². The summed E-state index contributed by atoms with van der Waals surface area (Å²) in [6.07, 6.45) is 5.78. The normalized spacial score (nSPS) is 17.3. The Morgan fingerprint density at radius 3 is 2.70 bits per heavy atom. The predicted octanol–water partition coefficient (Wildman–Crippen LogP) is 1.72. The molecule has 0 bridgehead atoms. The minimum Gasteiger partial charge on any atom is -0.310 e. The lowest BCUT2D eigenvalue weighted by atomic mass is 10.3. The molecule has 1 rings (SSSR count). The van der Waals surface area contributed by atoms with Crippen molar-refractivity contribution in [2.75, 3.05) is 0 Å². The molecule has 0 radical (unpaired) electrons. The van der Waals surface area contributed by atoms with Crippen molar-refractivity contribution in [2.24, 2.45) is 0 Å². The molecule has 2 nitrogen and oxygen atoms in total. The van der Waals surface area contributed by atoms with Crippen LogP contribution in [0.25, 0.3) is 0 Å². The van der Waals surface area contributed by atoms with E-state index in [0.717, 1.165) is 11.4 Å². The molecule has 0 atom stereocenters. The zero-order valence-electron chi connectivity index (χ0n) is 5.85. The Hall–Kier alpha value is -0.830. The molecule has 0 aliphatic carbocycles. The fourth-order valence-corrected chi connectivity index (χ4v) is 1.33. The smallest absolute Gasteiger partial charge is 0.0694 e. The van der Waals surface area contributed by atoms with Crippen LogP contribution in [-0.4, -0.2) is 0 Å². The van der Waals surface area contributed by atoms with Crippen LogP contribution in [0, 0.1) is 0 Å². The zero-order valence-corrected chi connectivity index (χ0v) is 6.66. The number of rotatable bonds is 2. The number of hydrogen-bond acceptors (Lipinski definition) is 3. The highest BCUT2D eigenvalue weighted by atomic mass is 32.2. The maximum Gasteiger partial charge on any atom is 0.0694 e. The molecule has 0 spiro atoms. The molecule has 1 heterocycles. The Labute approximate surface area is 65.3 Å². The molecule has 0 amide bonds. The minimum atomic E-state index is 1.04. The standard InChI is InChI=1S/C7H10N2S/c1-3-5-7-6(4-2)8-10-9-7/h3-5,8-9H,2H2,1H3/b5-3-. The highest BCUT2D eigenvalue weighted by Crippen LogP contribution is 2.13. The predicted molar refractivity (Wildman–Crippen MR) is 45.9 cm³/mol. The molecule has 0 aromatic carbocycles. The highest BCUT2D eigenvalue weighted by Gasteiger charge is 2.06. The topological polar surface area (TPSA) is 24.1 Å². The SMILES string of the molecule is C=CC1=C(/C=C\C)NSN1. The largest absolute Gasteiger partial charge is 0.310 e. The van der Waals surface area contributed by atoms with E-state index in [1.165, 1.54) is 12.1 Å². The van der Waals surface area contributed by atoms with Crippen LogP contribution in [0.2, 0.25) is 0 Å². The second kappa shape index (κ2) is 3.37. The monoisotopic (exact) mass is 154 g/mol. The van der Waals surface area contributed by atoms with Crippen LogP contribution in [0.3, 0.4) is 0 Å². The van der Waals surface area contributed by atoms with Crippen LogP contribution in [0.15, 0.2) is 36.2 Å². The summed E-state index contributed by atoms with van der Waals surface area (Å²) >= 11 is 1.46. The number of hydrogen-bond donors (Lipinski definition) is 2. The first-order chi connectivity index (χ1) is 4.88. The fraction of sp³-hybridized carbons (Fsp3) is 0.143. The Balaban J connectivity index is 2.77. The van der Waals surface area contributed by atoms with E-state index in [1.807, 2.05) is 19.1 Å². The van der Waals surface area contributed by atoms with Gasteiger partial charge in [-0.25, -0.2) is 0 Å². The summed E-state index contributed by atoms with van der Waals surface area (Å²) in [4.78, 5) is 0. The Kier molecular flexibility index (Phi) is 2.45. The molecule has 0 aromatic heterocycles. The van der Waals surface area contributed by atoms with Gasteiger partial charge in [0.1, 0.15) is 0 Å². The molecule has 10 heavy (non-hydrogen) atoms. The zero-order chi connectivity index (χ0) is 7.40. The van der Waals surface area contributed by atoms with Crippen LogP contribution in [0.5, 0.6) is 0 Å². The van der Waals surface area contributed by atoms with Gasteiger partial charge in [-0.15, -0.1) is 0 Å². The molecule has 0 aromatic rings. The summed E-state index contributed by atoms with van der Waals surface area (Å²) in [5.74, 6) is 0. The van der Waals surface area contributed by atoms with Crippen LogP contribution in [-0.2, 0) is 0 Å². The molecule has 1 aliphatic rings. The van der Waals surface area contributed by atoms with Crippen molar-refractivity contribution in [1.29, 1.82) is 0 Å². The first-order valence-corrected chi connectivity index (χ1v) is 3.87. The maximum absolute atomic E-state index is 3.67. The molecular formula is C7H10N2S. The summed E-state index contributed by atoms with van der Waals surface area (Å²) in [6, 6.07) is 0. The van der Waals surface area contributed by atoms with E-state index < -0.39 is 0 Å². The molecule has 1 aliphatic heterocycles. The van der Waals surface area contributed by atoms with E-state index in [9.17, 15) is 0 Å². The molecule has 0 fully saturated rings. The third-order valence-electron chi connectivity index (χ3n) is 1.15. The van der Waals surface area contributed by atoms with Crippen LogP contribution in [0.4, 0.5) is 0 Å². The quantitative estimate of drug-likeness (QED) is 0.592. The van der Waals surface area contributed by atoms with E-state index in [4.69, 9.17) is 0 Å². The molecule has 0 unspecified atom stereocenters. The molecule has 0 saturated carbocycles. The minimum absolute atomic E-state index is 1.04. The second-order valence-electron chi connectivity index (χ2n) is 1.84. The van der Waals surface area contributed by atoms with E-state index in [0.29, 0.717) is 0 Å². The lowest BCUT2D eigenvalue weighted by Gasteiger charge is -1.91. The van der Waals surface area contributed by atoms with Crippen molar-refractivity contribution < 1.29 is 0 Å². The Bertz CT molecular complexity index is 194. The van der Waals surface area contributed by atoms with Gasteiger partial charge in [0.2, 0.25) is 0 Å². The van der Waals surface area contributed by atoms with Crippen LogP contribution >= 0.6 is 12.1 Å². The second-order valence-corrected chi connectivity index (χ2v) is 2.45. The molecular weight excluding hydrogens is 144 g/mol. The average molecular weight is 154 g/mol. The van der Waals surface area contributed by atoms with Gasteiger partial charge in [0.25, 0.3) is 0 Å². The highest BCUT2D eigenvalue weighted by molar-refractivity contribution is 7.96. The van der Waals surface area contributed by atoms with Gasteiger partial charge < -0.3 is 9.44 Å². The summed E-state index contributed by atoms with van der Waals surface area (Å²) in [5.41, 5.74) is 2.13. The first-order valence-electron chi connectivity index (χ1n) is 3.05. The first kappa shape index (κ1) is 7.28. The van der Waals surface area contributed by atoms with Crippen molar-refractivity contribution in [2.45, 2.75) is 6.92 Å². The van der Waals surface area contributed by atoms with E-state index in [-0.39, 0.29) is 0 Å². The third-order valence-corrected chi connectivity index (χ3v) is 1.79. The lowest BCUT2D eigenvalue weighted by molar-refractivity contribution is 1.24. The van der Waals surface area contributed by atoms with Gasteiger partial charge in [-0.3, -0.25) is 0 Å². The lowest BCUT2D eigenvalue weighted by Crippen LogP contribution is -1.93. The van der Waals surface area contributed by atoms with Crippen molar-refractivity contribution in [3.8, 4) is 0 Å².